The van der Waals surface area contributed by atoms with Crippen LogP contribution in [0.2, 0.25) is 0 Å². The van der Waals surface area contributed by atoms with E-state index in [1.807, 2.05) is 22.9 Å². The molecule has 156 valence electrons. The lowest BCUT2D eigenvalue weighted by Gasteiger charge is -2.22. The van der Waals surface area contributed by atoms with Crippen molar-refractivity contribution in [3.05, 3.63) is 64.4 Å². The second kappa shape index (κ2) is 9.32. The van der Waals surface area contributed by atoms with Gasteiger partial charge in [-0.15, -0.1) is 0 Å². The monoisotopic (exact) mass is 425 g/mol. The van der Waals surface area contributed by atoms with Crippen molar-refractivity contribution in [3.8, 4) is 22.6 Å². The predicted molar refractivity (Wildman–Crippen MR) is 119 cm³/mol. The first-order chi connectivity index (χ1) is 14.5. The van der Waals surface area contributed by atoms with E-state index in [2.05, 4.69) is 5.32 Å². The molecular weight excluding hydrogens is 402 g/mol. The Kier molecular flexibility index (Phi) is 6.58. The summed E-state index contributed by atoms with van der Waals surface area (Å²) in [6.07, 6.45) is 0. The Balaban J connectivity index is 2.11. The molecule has 0 aliphatic rings. The van der Waals surface area contributed by atoms with Gasteiger partial charge in [0.1, 0.15) is 5.84 Å². The minimum Gasteiger partial charge on any atom is -0.493 e. The van der Waals surface area contributed by atoms with Gasteiger partial charge in [0.2, 0.25) is 0 Å². The van der Waals surface area contributed by atoms with Gasteiger partial charge in [-0.25, -0.2) is 4.79 Å². The van der Waals surface area contributed by atoms with Gasteiger partial charge >= 0.3 is 5.97 Å². The summed E-state index contributed by atoms with van der Waals surface area (Å²) in [6.45, 7) is 0. The number of carbonyl (C=O) groups is 1. The van der Waals surface area contributed by atoms with Crippen LogP contribution in [-0.4, -0.2) is 33.1 Å². The van der Waals surface area contributed by atoms with E-state index >= 15 is 0 Å². The molecule has 0 saturated carbocycles. The molecule has 3 aromatic rings. The number of nitrogens with two attached hydrogens (primary N) is 1. The molecule has 0 saturated heterocycles. The summed E-state index contributed by atoms with van der Waals surface area (Å²) in [5.74, 6) is 0.603. The van der Waals surface area contributed by atoms with Gasteiger partial charge in [0.25, 0.3) is 0 Å². The average Bonchev–Trinajstić information content (AvgIpc) is 3.31. The van der Waals surface area contributed by atoms with Crippen LogP contribution in [0.3, 0.4) is 0 Å². The summed E-state index contributed by atoms with van der Waals surface area (Å²) in [7, 11) is 4.47. The molecule has 1 unspecified atom stereocenters. The number of thiophene rings is 1. The highest BCUT2D eigenvalue weighted by Gasteiger charge is 2.27. The largest absolute Gasteiger partial charge is 0.493 e. The normalized spacial score (nSPS) is 11.4. The third-order valence-electron chi connectivity index (χ3n) is 4.64. The van der Waals surface area contributed by atoms with Gasteiger partial charge in [0.05, 0.1) is 21.3 Å². The molecule has 0 radical (unpaired) electrons. The SMILES string of the molecule is COC(=O)C(Nc1ccc(C(=N)N)cc1)c1cc(OC)c(OC)cc1-c1ccsc1. The van der Waals surface area contributed by atoms with E-state index in [-0.39, 0.29) is 5.84 Å². The summed E-state index contributed by atoms with van der Waals surface area (Å²) in [6, 6.07) is 11.8. The van der Waals surface area contributed by atoms with Crippen LogP contribution in [0, 0.1) is 5.41 Å². The van der Waals surface area contributed by atoms with E-state index < -0.39 is 12.0 Å². The minimum atomic E-state index is -0.798. The number of rotatable bonds is 8. The van der Waals surface area contributed by atoms with Crippen molar-refractivity contribution in [2.24, 2.45) is 5.73 Å². The first kappa shape index (κ1) is 21.2. The van der Waals surface area contributed by atoms with Crippen molar-refractivity contribution < 1.29 is 19.0 Å². The molecule has 8 heteroatoms. The summed E-state index contributed by atoms with van der Waals surface area (Å²) >= 11 is 1.56. The molecule has 0 fully saturated rings. The van der Waals surface area contributed by atoms with E-state index in [1.165, 1.54) is 7.11 Å². The van der Waals surface area contributed by atoms with Crippen molar-refractivity contribution in [1.29, 1.82) is 5.41 Å². The van der Waals surface area contributed by atoms with Crippen molar-refractivity contribution in [3.63, 3.8) is 0 Å². The number of esters is 1. The minimum absolute atomic E-state index is 0.0225. The number of amidine groups is 1. The third kappa shape index (κ3) is 4.38. The molecule has 1 atom stereocenters. The number of nitrogen functional groups attached to an aromatic ring is 1. The van der Waals surface area contributed by atoms with Crippen molar-refractivity contribution >= 4 is 28.8 Å². The molecule has 0 aliphatic heterocycles. The fourth-order valence-corrected chi connectivity index (χ4v) is 3.75. The number of methoxy groups -OCH3 is 3. The van der Waals surface area contributed by atoms with Crippen LogP contribution in [0.4, 0.5) is 5.69 Å². The molecular formula is C22H23N3O4S. The van der Waals surface area contributed by atoms with Gasteiger partial charge in [-0.3, -0.25) is 5.41 Å². The Bertz CT molecular complexity index is 1030. The van der Waals surface area contributed by atoms with E-state index in [9.17, 15) is 4.79 Å². The Labute approximate surface area is 178 Å². The second-order valence-corrected chi connectivity index (χ2v) is 7.18. The van der Waals surface area contributed by atoms with Crippen LogP contribution in [0.1, 0.15) is 17.2 Å². The molecule has 7 nitrogen and oxygen atoms in total. The molecule has 0 bridgehead atoms. The van der Waals surface area contributed by atoms with E-state index in [0.29, 0.717) is 28.3 Å². The van der Waals surface area contributed by atoms with Crippen LogP contribution in [-0.2, 0) is 9.53 Å². The Morgan fingerprint density at radius 2 is 1.73 bits per heavy atom. The van der Waals surface area contributed by atoms with Crippen LogP contribution in [0.5, 0.6) is 11.5 Å². The molecule has 1 aromatic heterocycles. The maximum Gasteiger partial charge on any atom is 0.333 e. The lowest BCUT2D eigenvalue weighted by Crippen LogP contribution is -2.23. The van der Waals surface area contributed by atoms with Crippen molar-refractivity contribution in [2.45, 2.75) is 6.04 Å². The van der Waals surface area contributed by atoms with Crippen LogP contribution in [0.15, 0.2) is 53.2 Å². The summed E-state index contributed by atoms with van der Waals surface area (Å²) < 4.78 is 16.0. The zero-order valence-corrected chi connectivity index (χ0v) is 17.7. The van der Waals surface area contributed by atoms with Crippen molar-refractivity contribution in [2.75, 3.05) is 26.6 Å². The van der Waals surface area contributed by atoms with E-state index in [4.69, 9.17) is 25.4 Å². The topological polar surface area (TPSA) is 107 Å². The number of carbonyl (C=O) groups excluding carboxylic acids is 1. The van der Waals surface area contributed by atoms with Gasteiger partial charge in [-0.05, 0) is 69.9 Å². The predicted octanol–water partition coefficient (Wildman–Crippen LogP) is 4.04. The first-order valence-electron chi connectivity index (χ1n) is 9.05. The van der Waals surface area contributed by atoms with Crippen LogP contribution in [0.25, 0.3) is 11.1 Å². The number of nitrogens with one attached hydrogen (secondary N) is 2. The molecule has 0 amide bonds. The molecule has 30 heavy (non-hydrogen) atoms. The highest BCUT2D eigenvalue weighted by Crippen LogP contribution is 2.40. The molecule has 2 aromatic carbocycles. The van der Waals surface area contributed by atoms with Crippen LogP contribution >= 0.6 is 11.3 Å². The number of ether oxygens (including phenoxy) is 3. The van der Waals surface area contributed by atoms with E-state index in [1.54, 1.807) is 55.9 Å². The number of anilines is 1. The smallest absolute Gasteiger partial charge is 0.333 e. The first-order valence-corrected chi connectivity index (χ1v) is 10.00. The zero-order valence-electron chi connectivity index (χ0n) is 16.9. The molecule has 0 aliphatic carbocycles. The standard InChI is InChI=1S/C22H23N3O4S/c1-27-18-10-16(14-8-9-30-12-14)17(11-19(18)28-2)20(22(26)29-3)25-15-6-4-13(5-7-15)21(23)24/h4-12,20,25H,1-3H3,(H3,23,24). The quantitative estimate of drug-likeness (QED) is 0.286. The Morgan fingerprint density at radius 1 is 1.07 bits per heavy atom. The Morgan fingerprint density at radius 3 is 2.27 bits per heavy atom. The van der Waals surface area contributed by atoms with E-state index in [0.717, 1.165) is 11.1 Å². The highest BCUT2D eigenvalue weighted by atomic mass is 32.1. The summed E-state index contributed by atoms with van der Waals surface area (Å²) in [4.78, 5) is 12.8. The number of hydrogen-bond donors (Lipinski definition) is 3. The van der Waals surface area contributed by atoms with Gasteiger partial charge in [-0.1, -0.05) is 0 Å². The lowest BCUT2D eigenvalue weighted by atomic mass is 9.95. The molecule has 3 rings (SSSR count). The third-order valence-corrected chi connectivity index (χ3v) is 5.33. The average molecular weight is 426 g/mol. The maximum absolute atomic E-state index is 12.8. The van der Waals surface area contributed by atoms with Crippen molar-refractivity contribution in [1.82, 2.24) is 0 Å². The molecule has 4 N–H and O–H groups in total. The number of hydrogen-bond acceptors (Lipinski definition) is 7. The fourth-order valence-electron chi connectivity index (χ4n) is 3.10. The van der Waals surface area contributed by atoms with Crippen LogP contribution < -0.4 is 20.5 Å². The highest BCUT2D eigenvalue weighted by molar-refractivity contribution is 7.08. The second-order valence-electron chi connectivity index (χ2n) is 6.40. The summed E-state index contributed by atoms with van der Waals surface area (Å²) in [5.41, 5.74) is 9.28. The lowest BCUT2D eigenvalue weighted by molar-refractivity contribution is -0.141. The maximum atomic E-state index is 12.8. The molecule has 0 spiro atoms. The number of benzene rings is 2. The Hall–Kier alpha value is -3.52. The fraction of sp³-hybridized carbons (Fsp3) is 0.182. The zero-order chi connectivity index (χ0) is 21.7. The summed E-state index contributed by atoms with van der Waals surface area (Å²) in [5, 5.41) is 14.7. The molecule has 1 heterocycles. The van der Waals surface area contributed by atoms with Gasteiger partial charge < -0.3 is 25.3 Å². The van der Waals surface area contributed by atoms with Gasteiger partial charge in [0.15, 0.2) is 17.5 Å². The van der Waals surface area contributed by atoms with Gasteiger partial charge in [0, 0.05) is 11.3 Å². The van der Waals surface area contributed by atoms with Gasteiger partial charge in [-0.2, -0.15) is 11.3 Å².